The number of nitrogens with zero attached hydrogens (tertiary/aromatic N) is 1. The highest BCUT2D eigenvalue weighted by Gasteiger charge is 2.14. The quantitative estimate of drug-likeness (QED) is 0.684. The first-order chi connectivity index (χ1) is 6.11. The Morgan fingerprint density at radius 3 is 1.85 bits per heavy atom. The summed E-state index contributed by atoms with van der Waals surface area (Å²) in [7, 11) is 1.92. The minimum absolute atomic E-state index is 0.547. The second-order valence-corrected chi connectivity index (χ2v) is 2.90. The Morgan fingerprint density at radius 1 is 1.08 bits per heavy atom. The second kappa shape index (κ2) is 9.96. The van der Waals surface area contributed by atoms with Crippen LogP contribution in [0.15, 0.2) is 0 Å². The molecule has 2 atom stereocenters. The molecule has 0 aliphatic heterocycles. The zero-order chi connectivity index (χ0) is 10.9. The lowest BCUT2D eigenvalue weighted by molar-refractivity contribution is 0.00108. The first-order valence-electron chi connectivity index (χ1n) is 5.16. The third kappa shape index (κ3) is 8.22. The van der Waals surface area contributed by atoms with Crippen LogP contribution in [-0.4, -0.2) is 47.5 Å². The molecule has 3 nitrogen and oxygen atoms in total. The molecule has 82 valence electrons. The summed E-state index contributed by atoms with van der Waals surface area (Å²) in [5, 5.41) is 18.5. The molecule has 13 heavy (non-hydrogen) atoms. The molecule has 0 bridgehead atoms. The molecule has 0 heterocycles. The Kier molecular flexibility index (Phi) is 11.8. The molecular weight excluding hydrogens is 166 g/mol. The van der Waals surface area contributed by atoms with E-state index in [1.807, 2.05) is 39.6 Å². The van der Waals surface area contributed by atoms with E-state index in [-0.39, 0.29) is 0 Å². The highest BCUT2D eigenvalue weighted by atomic mass is 16.3. The normalized spacial score (nSPS) is 14.8. The third-order valence-corrected chi connectivity index (χ3v) is 1.90. The maximum atomic E-state index is 9.33. The average Bonchev–Trinajstić information content (AvgIpc) is 2.19. The highest BCUT2D eigenvalue weighted by molar-refractivity contribution is 4.68. The molecule has 0 spiro atoms. The minimum atomic E-state index is -0.607. The fourth-order valence-corrected chi connectivity index (χ4v) is 0.842. The van der Waals surface area contributed by atoms with Crippen LogP contribution >= 0.6 is 0 Å². The van der Waals surface area contributed by atoms with Crippen molar-refractivity contribution in [2.45, 2.75) is 46.3 Å². The summed E-state index contributed by atoms with van der Waals surface area (Å²) in [6.45, 7) is 9.32. The van der Waals surface area contributed by atoms with E-state index in [1.54, 1.807) is 0 Å². The average molecular weight is 191 g/mol. The number of aliphatic hydroxyl groups excluding tert-OH is 2. The van der Waals surface area contributed by atoms with Gasteiger partial charge in [-0.3, -0.25) is 0 Å². The molecule has 2 N–H and O–H groups in total. The van der Waals surface area contributed by atoms with Crippen LogP contribution in [0.1, 0.15) is 34.1 Å². The SMILES string of the molecule is CC.CCC(O)C(O)CN(C)CC. The predicted octanol–water partition coefficient (Wildman–Crippen LogP) is 1.10. The standard InChI is InChI=1S/C8H19NO2.C2H6/c1-4-7(10)8(11)6-9(3)5-2;1-2/h7-8,10-11H,4-6H2,1-3H3;1-2H3. The molecule has 0 aliphatic rings. The maximum absolute atomic E-state index is 9.33. The van der Waals surface area contributed by atoms with Crippen molar-refractivity contribution in [1.82, 2.24) is 4.90 Å². The van der Waals surface area contributed by atoms with Crippen molar-refractivity contribution < 1.29 is 10.2 Å². The molecule has 0 saturated heterocycles. The first kappa shape index (κ1) is 15.4. The van der Waals surface area contributed by atoms with Crippen molar-refractivity contribution in [3.63, 3.8) is 0 Å². The van der Waals surface area contributed by atoms with Gasteiger partial charge in [0.25, 0.3) is 0 Å². The fourth-order valence-electron chi connectivity index (χ4n) is 0.842. The summed E-state index contributed by atoms with van der Waals surface area (Å²) < 4.78 is 0. The lowest BCUT2D eigenvalue weighted by Crippen LogP contribution is -2.36. The molecular formula is C10H25NO2. The van der Waals surface area contributed by atoms with Crippen LogP contribution in [0.25, 0.3) is 0 Å². The van der Waals surface area contributed by atoms with Crippen molar-refractivity contribution in [3.8, 4) is 0 Å². The van der Waals surface area contributed by atoms with E-state index >= 15 is 0 Å². The van der Waals surface area contributed by atoms with Gasteiger partial charge in [-0.05, 0) is 20.0 Å². The van der Waals surface area contributed by atoms with Gasteiger partial charge in [0.1, 0.15) is 0 Å². The van der Waals surface area contributed by atoms with Gasteiger partial charge >= 0.3 is 0 Å². The molecule has 0 radical (unpaired) electrons. The molecule has 0 rings (SSSR count). The van der Waals surface area contributed by atoms with Crippen molar-refractivity contribution in [3.05, 3.63) is 0 Å². The van der Waals surface area contributed by atoms with Crippen LogP contribution in [0.3, 0.4) is 0 Å². The van der Waals surface area contributed by atoms with Crippen molar-refractivity contribution >= 4 is 0 Å². The van der Waals surface area contributed by atoms with Gasteiger partial charge in [0.15, 0.2) is 0 Å². The summed E-state index contributed by atoms with van der Waals surface area (Å²) in [4.78, 5) is 1.98. The Labute approximate surface area is 82.4 Å². The zero-order valence-corrected chi connectivity index (χ0v) is 9.62. The van der Waals surface area contributed by atoms with Crippen molar-refractivity contribution in [1.29, 1.82) is 0 Å². The van der Waals surface area contributed by atoms with Crippen LogP contribution in [0.4, 0.5) is 0 Å². The lowest BCUT2D eigenvalue weighted by atomic mass is 10.1. The molecule has 0 aromatic rings. The van der Waals surface area contributed by atoms with Gasteiger partial charge in [-0.2, -0.15) is 0 Å². The molecule has 0 aromatic heterocycles. The molecule has 0 amide bonds. The molecule has 0 saturated carbocycles. The van der Waals surface area contributed by atoms with E-state index in [0.717, 1.165) is 6.54 Å². The van der Waals surface area contributed by atoms with Crippen LogP contribution in [0.5, 0.6) is 0 Å². The predicted molar refractivity (Wildman–Crippen MR) is 56.8 cm³/mol. The highest BCUT2D eigenvalue weighted by Crippen LogP contribution is 1.99. The Morgan fingerprint density at radius 2 is 1.54 bits per heavy atom. The van der Waals surface area contributed by atoms with Crippen molar-refractivity contribution in [2.24, 2.45) is 0 Å². The van der Waals surface area contributed by atoms with Crippen LogP contribution in [0, 0.1) is 0 Å². The van der Waals surface area contributed by atoms with Gasteiger partial charge in [0, 0.05) is 6.54 Å². The van der Waals surface area contributed by atoms with Gasteiger partial charge in [-0.1, -0.05) is 27.7 Å². The Bertz CT molecular complexity index is 98.9. The summed E-state index contributed by atoms with van der Waals surface area (Å²) in [6.07, 6.45) is -0.576. The monoisotopic (exact) mass is 191 g/mol. The molecule has 3 heteroatoms. The zero-order valence-electron chi connectivity index (χ0n) is 9.62. The number of likely N-dealkylation sites (N-methyl/N-ethyl adjacent to an activating group) is 1. The first-order valence-corrected chi connectivity index (χ1v) is 5.16. The van der Waals surface area contributed by atoms with Gasteiger partial charge in [0.2, 0.25) is 0 Å². The Balaban J connectivity index is 0. The van der Waals surface area contributed by atoms with Gasteiger partial charge in [0.05, 0.1) is 12.2 Å². The fraction of sp³-hybridized carbons (Fsp3) is 1.00. The lowest BCUT2D eigenvalue weighted by Gasteiger charge is -2.21. The second-order valence-electron chi connectivity index (χ2n) is 2.90. The smallest absolute Gasteiger partial charge is 0.0925 e. The van der Waals surface area contributed by atoms with E-state index in [4.69, 9.17) is 0 Å². The van der Waals surface area contributed by atoms with E-state index in [0.29, 0.717) is 13.0 Å². The molecule has 0 aromatic carbocycles. The summed E-state index contributed by atoms with van der Waals surface area (Å²) in [5.74, 6) is 0. The number of hydrogen-bond donors (Lipinski definition) is 2. The molecule has 0 fully saturated rings. The van der Waals surface area contributed by atoms with Crippen molar-refractivity contribution in [2.75, 3.05) is 20.1 Å². The van der Waals surface area contributed by atoms with Crippen LogP contribution in [0.2, 0.25) is 0 Å². The molecule has 0 aliphatic carbocycles. The summed E-state index contributed by atoms with van der Waals surface area (Å²) in [5.41, 5.74) is 0. The molecule has 2 unspecified atom stereocenters. The maximum Gasteiger partial charge on any atom is 0.0925 e. The Hall–Kier alpha value is -0.120. The van der Waals surface area contributed by atoms with Crippen LogP contribution < -0.4 is 0 Å². The van der Waals surface area contributed by atoms with E-state index in [9.17, 15) is 10.2 Å². The number of rotatable bonds is 5. The van der Waals surface area contributed by atoms with E-state index < -0.39 is 12.2 Å². The third-order valence-electron chi connectivity index (χ3n) is 1.90. The number of hydrogen-bond acceptors (Lipinski definition) is 3. The summed E-state index contributed by atoms with van der Waals surface area (Å²) in [6, 6.07) is 0. The van der Waals surface area contributed by atoms with E-state index in [2.05, 4.69) is 0 Å². The minimum Gasteiger partial charge on any atom is -0.390 e. The number of aliphatic hydroxyl groups is 2. The van der Waals surface area contributed by atoms with Gasteiger partial charge in [-0.25, -0.2) is 0 Å². The van der Waals surface area contributed by atoms with Crippen LogP contribution in [-0.2, 0) is 0 Å². The topological polar surface area (TPSA) is 43.7 Å². The van der Waals surface area contributed by atoms with Gasteiger partial charge in [-0.15, -0.1) is 0 Å². The summed E-state index contributed by atoms with van der Waals surface area (Å²) >= 11 is 0. The van der Waals surface area contributed by atoms with Gasteiger partial charge < -0.3 is 15.1 Å². The van der Waals surface area contributed by atoms with E-state index in [1.165, 1.54) is 0 Å². The largest absolute Gasteiger partial charge is 0.390 e.